The van der Waals surface area contributed by atoms with E-state index < -0.39 is 0 Å². The van der Waals surface area contributed by atoms with Gasteiger partial charge in [-0.3, -0.25) is 0 Å². The molecule has 0 radical (unpaired) electrons. The molecule has 0 heterocycles. The lowest BCUT2D eigenvalue weighted by Gasteiger charge is -2.43. The van der Waals surface area contributed by atoms with Gasteiger partial charge in [-0.15, -0.1) is 0 Å². The van der Waals surface area contributed by atoms with Crippen LogP contribution in [-0.2, 0) is 6.42 Å². The lowest BCUT2D eigenvalue weighted by molar-refractivity contribution is 0.101. The van der Waals surface area contributed by atoms with Gasteiger partial charge in [-0.05, 0) is 54.7 Å². The quantitative estimate of drug-likeness (QED) is 0.789. The molecule has 1 nitrogen and oxygen atoms in total. The molecule has 0 aliphatic heterocycles. The fourth-order valence-corrected chi connectivity index (χ4v) is 4.00. The third-order valence-corrected chi connectivity index (χ3v) is 5.55. The smallest absolute Gasteiger partial charge is 0.0138 e. The van der Waals surface area contributed by atoms with Crippen LogP contribution in [0.3, 0.4) is 0 Å². The van der Waals surface area contributed by atoms with Crippen molar-refractivity contribution in [3.63, 3.8) is 0 Å². The Labute approximate surface area is 131 Å². The Morgan fingerprint density at radius 2 is 1.81 bits per heavy atom. The molecule has 0 amide bonds. The highest BCUT2D eigenvalue weighted by Gasteiger charge is 2.36. The second-order valence-electron chi connectivity index (χ2n) is 7.84. The van der Waals surface area contributed by atoms with Crippen LogP contribution in [0, 0.1) is 11.3 Å². The molecule has 0 saturated heterocycles. The van der Waals surface area contributed by atoms with Crippen molar-refractivity contribution < 1.29 is 0 Å². The highest BCUT2D eigenvalue weighted by atomic mass is 14.9. The van der Waals surface area contributed by atoms with Crippen molar-refractivity contribution in [2.75, 3.05) is 7.05 Å². The number of benzene rings is 1. The van der Waals surface area contributed by atoms with E-state index in [1.54, 1.807) is 0 Å². The van der Waals surface area contributed by atoms with E-state index in [0.29, 0.717) is 17.4 Å². The summed E-state index contributed by atoms with van der Waals surface area (Å²) in [4.78, 5) is 0. The third kappa shape index (κ3) is 4.10. The second kappa shape index (κ2) is 6.96. The molecule has 1 aliphatic carbocycles. The summed E-state index contributed by atoms with van der Waals surface area (Å²) < 4.78 is 0. The molecule has 0 aromatic heterocycles. The lowest BCUT2D eigenvalue weighted by Crippen LogP contribution is -2.44. The highest BCUT2D eigenvalue weighted by molar-refractivity contribution is 5.25. The summed E-state index contributed by atoms with van der Waals surface area (Å²) in [6, 6.07) is 9.87. The highest BCUT2D eigenvalue weighted by Crippen LogP contribution is 2.42. The SMILES string of the molecule is CNC(Cc1ccc(C(C)C)cc1)C1CCCCC1(C)C. The summed E-state index contributed by atoms with van der Waals surface area (Å²) in [5.74, 6) is 1.41. The molecule has 2 rings (SSSR count). The van der Waals surface area contributed by atoms with E-state index in [-0.39, 0.29) is 0 Å². The second-order valence-corrected chi connectivity index (χ2v) is 7.84. The number of likely N-dealkylation sites (N-methyl/N-ethyl adjacent to an activating group) is 1. The van der Waals surface area contributed by atoms with E-state index in [1.807, 2.05) is 0 Å². The van der Waals surface area contributed by atoms with Crippen LogP contribution < -0.4 is 5.32 Å². The average Bonchev–Trinajstić information content (AvgIpc) is 2.45. The fraction of sp³-hybridized carbons (Fsp3) is 0.700. The Balaban J connectivity index is 2.07. The summed E-state index contributed by atoms with van der Waals surface area (Å²) >= 11 is 0. The zero-order valence-electron chi connectivity index (χ0n) is 14.6. The van der Waals surface area contributed by atoms with Crippen molar-refractivity contribution in [1.82, 2.24) is 5.32 Å². The Morgan fingerprint density at radius 1 is 1.14 bits per heavy atom. The van der Waals surface area contributed by atoms with E-state index in [9.17, 15) is 0 Å². The average molecular weight is 287 g/mol. The van der Waals surface area contributed by atoms with Crippen LogP contribution in [0.5, 0.6) is 0 Å². The van der Waals surface area contributed by atoms with Gasteiger partial charge in [-0.25, -0.2) is 0 Å². The zero-order valence-corrected chi connectivity index (χ0v) is 14.6. The van der Waals surface area contributed by atoms with Gasteiger partial charge in [0.05, 0.1) is 0 Å². The van der Waals surface area contributed by atoms with Crippen LogP contribution in [0.4, 0.5) is 0 Å². The Hall–Kier alpha value is -0.820. The van der Waals surface area contributed by atoms with Gasteiger partial charge in [0, 0.05) is 6.04 Å². The summed E-state index contributed by atoms with van der Waals surface area (Å²) in [6.45, 7) is 9.44. The van der Waals surface area contributed by atoms with Crippen molar-refractivity contribution in [3.8, 4) is 0 Å². The number of hydrogen-bond donors (Lipinski definition) is 1. The minimum atomic E-state index is 0.476. The molecule has 21 heavy (non-hydrogen) atoms. The third-order valence-electron chi connectivity index (χ3n) is 5.55. The zero-order chi connectivity index (χ0) is 15.5. The maximum Gasteiger partial charge on any atom is 0.0138 e. The first kappa shape index (κ1) is 16.5. The van der Waals surface area contributed by atoms with Crippen molar-refractivity contribution in [2.45, 2.75) is 71.8 Å². The first-order valence-electron chi connectivity index (χ1n) is 8.70. The molecular weight excluding hydrogens is 254 g/mol. The van der Waals surface area contributed by atoms with Crippen LogP contribution in [0.25, 0.3) is 0 Å². The van der Waals surface area contributed by atoms with Gasteiger partial charge in [0.15, 0.2) is 0 Å². The maximum absolute atomic E-state index is 3.61. The topological polar surface area (TPSA) is 12.0 Å². The van der Waals surface area contributed by atoms with Crippen LogP contribution in [-0.4, -0.2) is 13.1 Å². The maximum atomic E-state index is 3.61. The van der Waals surface area contributed by atoms with E-state index >= 15 is 0 Å². The van der Waals surface area contributed by atoms with Crippen LogP contribution in [0.1, 0.15) is 70.4 Å². The summed E-state index contributed by atoms with van der Waals surface area (Å²) in [7, 11) is 2.14. The molecule has 1 saturated carbocycles. The Bertz CT molecular complexity index is 430. The predicted octanol–water partition coefficient (Wildman–Crippen LogP) is 5.16. The molecule has 0 bridgehead atoms. The van der Waals surface area contributed by atoms with E-state index in [4.69, 9.17) is 0 Å². The summed E-state index contributed by atoms with van der Waals surface area (Å²) in [6.07, 6.45) is 6.72. The fourth-order valence-electron chi connectivity index (χ4n) is 4.00. The molecular formula is C20H33N. The molecule has 118 valence electrons. The molecule has 2 atom stereocenters. The van der Waals surface area contributed by atoms with Crippen molar-refractivity contribution >= 4 is 0 Å². The van der Waals surface area contributed by atoms with Gasteiger partial charge in [0.2, 0.25) is 0 Å². The van der Waals surface area contributed by atoms with Gasteiger partial charge in [0.1, 0.15) is 0 Å². The molecule has 1 heteroatoms. The molecule has 1 fully saturated rings. The van der Waals surface area contributed by atoms with Crippen LogP contribution in [0.15, 0.2) is 24.3 Å². The Morgan fingerprint density at radius 3 is 2.33 bits per heavy atom. The largest absolute Gasteiger partial charge is 0.316 e. The van der Waals surface area contributed by atoms with Gasteiger partial charge >= 0.3 is 0 Å². The summed E-state index contributed by atoms with van der Waals surface area (Å²) in [5.41, 5.74) is 3.39. The first-order valence-corrected chi connectivity index (χ1v) is 8.70. The number of hydrogen-bond acceptors (Lipinski definition) is 1. The molecule has 1 N–H and O–H groups in total. The number of nitrogens with one attached hydrogen (secondary N) is 1. The van der Waals surface area contributed by atoms with Gasteiger partial charge in [0.25, 0.3) is 0 Å². The molecule has 1 aromatic rings. The minimum absolute atomic E-state index is 0.476. The monoisotopic (exact) mass is 287 g/mol. The van der Waals surface area contributed by atoms with Crippen LogP contribution >= 0.6 is 0 Å². The van der Waals surface area contributed by atoms with Gasteiger partial charge < -0.3 is 5.32 Å². The van der Waals surface area contributed by atoms with Gasteiger partial charge in [-0.1, -0.05) is 64.8 Å². The van der Waals surface area contributed by atoms with Crippen LogP contribution in [0.2, 0.25) is 0 Å². The summed E-state index contributed by atoms with van der Waals surface area (Å²) in [5, 5.41) is 3.61. The molecule has 0 spiro atoms. The predicted molar refractivity (Wildman–Crippen MR) is 92.8 cm³/mol. The lowest BCUT2D eigenvalue weighted by atomic mass is 9.65. The standard InChI is InChI=1S/C20H33N/c1-15(2)17-11-9-16(10-12-17)14-19(21-5)18-8-6-7-13-20(18,3)4/h9-12,15,18-19,21H,6-8,13-14H2,1-5H3. The van der Waals surface area contributed by atoms with Gasteiger partial charge in [-0.2, -0.15) is 0 Å². The molecule has 1 aromatic carbocycles. The van der Waals surface area contributed by atoms with Crippen molar-refractivity contribution in [3.05, 3.63) is 35.4 Å². The van der Waals surface area contributed by atoms with E-state index in [2.05, 4.69) is 64.3 Å². The normalized spacial score (nSPS) is 23.2. The van der Waals surface area contributed by atoms with Crippen molar-refractivity contribution in [1.29, 1.82) is 0 Å². The minimum Gasteiger partial charge on any atom is -0.316 e. The molecule has 2 unspecified atom stereocenters. The van der Waals surface area contributed by atoms with Crippen molar-refractivity contribution in [2.24, 2.45) is 11.3 Å². The van der Waals surface area contributed by atoms with E-state index in [1.165, 1.54) is 36.8 Å². The number of rotatable bonds is 5. The molecule has 1 aliphatic rings. The van der Waals surface area contributed by atoms with E-state index in [0.717, 1.165) is 12.3 Å². The first-order chi connectivity index (χ1) is 9.94. The Kier molecular flexibility index (Phi) is 5.48.